The smallest absolute Gasteiger partial charge is 0.104 e. The van der Waals surface area contributed by atoms with Gasteiger partial charge in [-0.05, 0) is 55.9 Å². The number of rotatable bonds is 6. The van der Waals surface area contributed by atoms with E-state index in [2.05, 4.69) is 59.4 Å². The van der Waals surface area contributed by atoms with Crippen molar-refractivity contribution >= 4 is 0 Å². The molecule has 2 atom stereocenters. The Bertz CT molecular complexity index is 895. The zero-order valence-corrected chi connectivity index (χ0v) is 22.8. The highest BCUT2D eigenvalue weighted by Gasteiger charge is 2.38. The zero-order valence-electron chi connectivity index (χ0n) is 22.8. The molecule has 0 radical (unpaired) electrons. The number of likely N-dealkylation sites (tertiary alicyclic amines) is 1. The molecule has 198 valence electrons. The molecule has 0 spiro atoms. The van der Waals surface area contributed by atoms with Crippen molar-refractivity contribution in [3.8, 4) is 0 Å². The van der Waals surface area contributed by atoms with Crippen LogP contribution in [-0.4, -0.2) is 44.7 Å². The molecule has 2 aliphatic heterocycles. The van der Waals surface area contributed by atoms with Gasteiger partial charge in [-0.15, -0.1) is 0 Å². The first-order valence-electron chi connectivity index (χ1n) is 14.5. The van der Waals surface area contributed by atoms with Gasteiger partial charge in [0.05, 0.1) is 0 Å². The van der Waals surface area contributed by atoms with E-state index in [-0.39, 0.29) is 17.7 Å². The fourth-order valence-corrected chi connectivity index (χ4v) is 6.68. The maximum Gasteiger partial charge on any atom is 0.104 e. The van der Waals surface area contributed by atoms with Crippen molar-refractivity contribution in [1.29, 1.82) is 0 Å². The second-order valence-corrected chi connectivity index (χ2v) is 11.3. The van der Waals surface area contributed by atoms with Crippen molar-refractivity contribution < 1.29 is 4.39 Å². The number of benzene rings is 1. The molecule has 2 saturated heterocycles. The van der Waals surface area contributed by atoms with Crippen LogP contribution in [0.25, 0.3) is 0 Å². The van der Waals surface area contributed by atoms with Crippen molar-refractivity contribution in [2.24, 2.45) is 11.8 Å². The summed E-state index contributed by atoms with van der Waals surface area (Å²) in [5.74, 6) is 1.19. The maximum absolute atomic E-state index is 15.1. The van der Waals surface area contributed by atoms with Crippen LogP contribution in [0.3, 0.4) is 0 Å². The van der Waals surface area contributed by atoms with Crippen molar-refractivity contribution in [1.82, 2.24) is 15.5 Å². The number of halogens is 1. The van der Waals surface area contributed by atoms with Gasteiger partial charge >= 0.3 is 0 Å². The third-order valence-electron chi connectivity index (χ3n) is 8.89. The number of likely N-dealkylation sites (N-methyl/N-ethyl adjacent to an activating group) is 1. The Morgan fingerprint density at radius 1 is 1.00 bits per heavy atom. The molecule has 1 saturated carbocycles. The van der Waals surface area contributed by atoms with E-state index >= 15 is 4.39 Å². The number of piperidine rings is 1. The number of nitrogens with one attached hydrogen (secondary N) is 2. The van der Waals surface area contributed by atoms with Crippen LogP contribution in [0, 0.1) is 11.8 Å². The minimum Gasteiger partial charge on any atom is -0.375 e. The molecular weight excluding hydrogens is 445 g/mol. The van der Waals surface area contributed by atoms with Crippen LogP contribution in [-0.2, 0) is 0 Å². The predicted molar refractivity (Wildman–Crippen MR) is 151 cm³/mol. The first kappa shape index (κ1) is 27.1. The summed E-state index contributed by atoms with van der Waals surface area (Å²) in [5, 5.41) is 6.80. The number of hydrogen-bond acceptors (Lipinski definition) is 3. The molecule has 1 unspecified atom stereocenters. The lowest BCUT2D eigenvalue weighted by Gasteiger charge is -2.39. The molecule has 1 aromatic rings. The van der Waals surface area contributed by atoms with E-state index in [1.54, 1.807) is 0 Å². The SMILES string of the molecule is C1CCCCC1.C=C([C@@H]1CNCC1C1=C(F)CCC(C)=C1CNC)N1CCC(c2ccccc2)CC1. The summed E-state index contributed by atoms with van der Waals surface area (Å²) in [6.45, 7) is 11.3. The Morgan fingerprint density at radius 2 is 1.64 bits per heavy atom. The van der Waals surface area contributed by atoms with Crippen molar-refractivity contribution in [3.63, 3.8) is 0 Å². The second kappa shape index (κ2) is 13.6. The van der Waals surface area contributed by atoms with Gasteiger partial charge in [0.25, 0.3) is 0 Å². The van der Waals surface area contributed by atoms with Crippen molar-refractivity contribution in [2.45, 2.75) is 77.0 Å². The molecule has 36 heavy (non-hydrogen) atoms. The normalized spacial score (nSPS) is 25.6. The summed E-state index contributed by atoms with van der Waals surface area (Å²) >= 11 is 0. The molecule has 4 heteroatoms. The summed E-state index contributed by atoms with van der Waals surface area (Å²) in [6, 6.07) is 10.9. The molecular formula is C32H48FN3. The Labute approximate surface area is 219 Å². The minimum absolute atomic E-state index is 0.0973. The molecule has 0 amide bonds. The zero-order chi connectivity index (χ0) is 25.3. The molecule has 2 heterocycles. The van der Waals surface area contributed by atoms with E-state index in [0.29, 0.717) is 12.3 Å². The van der Waals surface area contributed by atoms with Gasteiger partial charge in [-0.2, -0.15) is 0 Å². The van der Waals surface area contributed by atoms with Crippen LogP contribution >= 0.6 is 0 Å². The number of hydrogen-bond donors (Lipinski definition) is 2. The molecule has 2 N–H and O–H groups in total. The molecule has 4 aliphatic rings. The van der Waals surface area contributed by atoms with Gasteiger partial charge in [0.15, 0.2) is 0 Å². The molecule has 3 fully saturated rings. The lowest BCUT2D eigenvalue weighted by Crippen LogP contribution is -2.37. The van der Waals surface area contributed by atoms with Crippen LogP contribution in [0.4, 0.5) is 4.39 Å². The monoisotopic (exact) mass is 493 g/mol. The van der Waals surface area contributed by atoms with E-state index in [1.165, 1.54) is 60.9 Å². The lowest BCUT2D eigenvalue weighted by atomic mass is 9.77. The summed E-state index contributed by atoms with van der Waals surface area (Å²) in [7, 11) is 1.95. The number of allylic oxidation sites excluding steroid dienone is 2. The third-order valence-corrected chi connectivity index (χ3v) is 8.89. The molecule has 0 bridgehead atoms. The molecule has 1 aromatic carbocycles. The van der Waals surface area contributed by atoms with Gasteiger partial charge in [0, 0.05) is 56.7 Å². The minimum atomic E-state index is 0.0973. The van der Waals surface area contributed by atoms with Gasteiger partial charge in [-0.3, -0.25) is 0 Å². The standard InChI is InChI=1S/C26H36FN3.C6H12/c1-18-9-10-25(27)26(22(18)15-28-3)24-17-29-16-23(24)19(2)30-13-11-21(12-14-30)20-7-5-4-6-8-20;1-2-4-6-5-3-1/h4-8,21,23-24,28-29H,2,9-17H2,1,3H3;1-6H2/t23-,24?;/m0./s1. The van der Waals surface area contributed by atoms with E-state index < -0.39 is 0 Å². The lowest BCUT2D eigenvalue weighted by molar-refractivity contribution is 0.233. The van der Waals surface area contributed by atoms with Crippen molar-refractivity contribution in [2.75, 3.05) is 39.8 Å². The molecule has 5 rings (SSSR count). The first-order chi connectivity index (χ1) is 17.6. The average Bonchev–Trinajstić information content (AvgIpc) is 3.42. The van der Waals surface area contributed by atoms with E-state index in [9.17, 15) is 0 Å². The largest absolute Gasteiger partial charge is 0.375 e. The van der Waals surface area contributed by atoms with E-state index in [1.807, 2.05) is 7.05 Å². The molecule has 0 aromatic heterocycles. The Hall–Kier alpha value is -1.91. The predicted octanol–water partition coefficient (Wildman–Crippen LogP) is 7.11. The van der Waals surface area contributed by atoms with Crippen LogP contribution in [0.1, 0.15) is 82.6 Å². The first-order valence-corrected chi connectivity index (χ1v) is 14.5. The molecule has 2 aliphatic carbocycles. The van der Waals surface area contributed by atoms with Crippen LogP contribution < -0.4 is 10.6 Å². The average molecular weight is 494 g/mol. The highest BCUT2D eigenvalue weighted by atomic mass is 19.1. The van der Waals surface area contributed by atoms with E-state index in [4.69, 9.17) is 0 Å². The van der Waals surface area contributed by atoms with Gasteiger partial charge in [0.1, 0.15) is 5.83 Å². The summed E-state index contributed by atoms with van der Waals surface area (Å²) in [6.07, 6.45) is 12.7. The van der Waals surface area contributed by atoms with Crippen LogP contribution in [0.15, 0.2) is 65.2 Å². The van der Waals surface area contributed by atoms with Gasteiger partial charge < -0.3 is 15.5 Å². The third kappa shape index (κ3) is 6.69. The molecule has 3 nitrogen and oxygen atoms in total. The summed E-state index contributed by atoms with van der Waals surface area (Å²) < 4.78 is 15.1. The van der Waals surface area contributed by atoms with Gasteiger partial charge in [-0.1, -0.05) is 81.0 Å². The Morgan fingerprint density at radius 3 is 2.25 bits per heavy atom. The topological polar surface area (TPSA) is 27.3 Å². The summed E-state index contributed by atoms with van der Waals surface area (Å²) in [5.41, 5.74) is 6.14. The maximum atomic E-state index is 15.1. The van der Waals surface area contributed by atoms with E-state index in [0.717, 1.165) is 57.6 Å². The Kier molecular flexibility index (Phi) is 10.2. The quantitative estimate of drug-likeness (QED) is 0.442. The number of nitrogens with zero attached hydrogens (tertiary/aromatic N) is 1. The highest BCUT2D eigenvalue weighted by molar-refractivity contribution is 5.44. The van der Waals surface area contributed by atoms with Gasteiger partial charge in [-0.25, -0.2) is 4.39 Å². The van der Waals surface area contributed by atoms with Crippen LogP contribution in [0.2, 0.25) is 0 Å². The summed E-state index contributed by atoms with van der Waals surface area (Å²) in [4.78, 5) is 2.47. The van der Waals surface area contributed by atoms with Crippen molar-refractivity contribution in [3.05, 3.63) is 70.7 Å². The fraction of sp³-hybridized carbons (Fsp3) is 0.625. The second-order valence-electron chi connectivity index (χ2n) is 11.3. The van der Waals surface area contributed by atoms with Crippen LogP contribution in [0.5, 0.6) is 0 Å². The fourth-order valence-electron chi connectivity index (χ4n) is 6.68. The Balaban J connectivity index is 0.000000445. The van der Waals surface area contributed by atoms with Gasteiger partial charge in [0.2, 0.25) is 0 Å². The highest BCUT2D eigenvalue weighted by Crippen LogP contribution is 2.42.